The topological polar surface area (TPSA) is 85.2 Å². The number of likely N-dealkylation sites (tertiary alicyclic amines) is 1. The number of piperidine rings is 1. The van der Waals surface area contributed by atoms with Gasteiger partial charge < -0.3 is 4.90 Å². The molecule has 0 bridgehead atoms. The van der Waals surface area contributed by atoms with E-state index in [4.69, 9.17) is 0 Å². The lowest BCUT2D eigenvalue weighted by molar-refractivity contribution is -0.139. The first-order valence-corrected chi connectivity index (χ1v) is 10.8. The van der Waals surface area contributed by atoms with Crippen LogP contribution >= 0.6 is 0 Å². The normalized spacial score (nSPS) is 22.9. The molecule has 1 saturated heterocycles. The Morgan fingerprint density at radius 1 is 1.20 bits per heavy atom. The second kappa shape index (κ2) is 7.60. The minimum atomic E-state index is -0.316. The molecular weight excluding hydrogens is 380 g/mol. The first-order chi connectivity index (χ1) is 14.2. The molecule has 4 rings (SSSR count). The third kappa shape index (κ3) is 4.02. The fraction of sp³-hybridized carbons (Fsp3) is 0.609. The fourth-order valence-electron chi connectivity index (χ4n) is 4.65. The molecule has 2 aromatic rings. The molecule has 7 nitrogen and oxygen atoms in total. The van der Waals surface area contributed by atoms with Gasteiger partial charge in [-0.15, -0.1) is 0 Å². The van der Waals surface area contributed by atoms with Gasteiger partial charge in [-0.3, -0.25) is 14.4 Å². The maximum absolute atomic E-state index is 13.2. The monoisotopic (exact) mass is 410 g/mol. The van der Waals surface area contributed by atoms with Crippen molar-refractivity contribution < 1.29 is 14.4 Å². The predicted octanol–water partition coefficient (Wildman–Crippen LogP) is 3.41. The van der Waals surface area contributed by atoms with Gasteiger partial charge in [-0.25, -0.2) is 9.67 Å². The zero-order chi connectivity index (χ0) is 21.6. The van der Waals surface area contributed by atoms with Crippen LogP contribution in [0.4, 0.5) is 0 Å². The van der Waals surface area contributed by atoms with Gasteiger partial charge in [0.05, 0.1) is 11.4 Å². The summed E-state index contributed by atoms with van der Waals surface area (Å²) in [5.74, 6) is 0.354. The van der Waals surface area contributed by atoms with Crippen molar-refractivity contribution in [3.05, 3.63) is 24.0 Å². The van der Waals surface area contributed by atoms with Crippen LogP contribution < -0.4 is 0 Å². The summed E-state index contributed by atoms with van der Waals surface area (Å²) in [6, 6.07) is 3.41. The van der Waals surface area contributed by atoms with Crippen molar-refractivity contribution in [2.24, 2.45) is 11.3 Å². The van der Waals surface area contributed by atoms with Crippen molar-refractivity contribution in [3.8, 4) is 0 Å². The number of amides is 1. The number of rotatable bonds is 7. The van der Waals surface area contributed by atoms with Crippen molar-refractivity contribution in [2.75, 3.05) is 0 Å². The molecule has 3 atom stereocenters. The van der Waals surface area contributed by atoms with Crippen LogP contribution in [-0.2, 0) is 16.1 Å². The van der Waals surface area contributed by atoms with E-state index < -0.39 is 0 Å². The maximum Gasteiger partial charge on any atom is 0.245 e. The summed E-state index contributed by atoms with van der Waals surface area (Å²) in [4.78, 5) is 44.2. The molecule has 0 unspecified atom stereocenters. The molecule has 1 saturated carbocycles. The van der Waals surface area contributed by atoms with Crippen molar-refractivity contribution in [3.63, 3.8) is 0 Å². The van der Waals surface area contributed by atoms with Crippen LogP contribution in [0, 0.1) is 11.3 Å². The lowest BCUT2D eigenvalue weighted by Crippen LogP contribution is -2.44. The second-order valence-electron chi connectivity index (χ2n) is 9.93. The van der Waals surface area contributed by atoms with E-state index in [0.29, 0.717) is 29.1 Å². The number of ketones is 2. The lowest BCUT2D eigenvalue weighted by Gasteiger charge is -2.27. The van der Waals surface area contributed by atoms with Crippen LogP contribution in [0.25, 0.3) is 11.0 Å². The Balaban J connectivity index is 1.49. The molecule has 2 aromatic heterocycles. The van der Waals surface area contributed by atoms with Gasteiger partial charge in [0.1, 0.15) is 12.2 Å². The molecule has 2 aliphatic rings. The molecule has 160 valence electrons. The molecule has 1 aliphatic heterocycles. The first kappa shape index (κ1) is 20.7. The van der Waals surface area contributed by atoms with Crippen LogP contribution in [0.3, 0.4) is 0 Å². The lowest BCUT2D eigenvalue weighted by atomic mass is 9.88. The van der Waals surface area contributed by atoms with E-state index in [1.807, 2.05) is 0 Å². The van der Waals surface area contributed by atoms with Crippen LogP contribution in [0.2, 0.25) is 0 Å². The van der Waals surface area contributed by atoms with Crippen molar-refractivity contribution in [2.45, 2.75) is 78.4 Å². The minimum Gasteiger partial charge on any atom is -0.328 e. The molecule has 0 N–H and O–H groups in total. The van der Waals surface area contributed by atoms with Crippen LogP contribution in [0.15, 0.2) is 18.3 Å². The largest absolute Gasteiger partial charge is 0.328 e. The predicted molar refractivity (Wildman–Crippen MR) is 113 cm³/mol. The van der Waals surface area contributed by atoms with Gasteiger partial charge in [0, 0.05) is 25.6 Å². The van der Waals surface area contributed by atoms with Crippen molar-refractivity contribution in [1.82, 2.24) is 19.7 Å². The quantitative estimate of drug-likeness (QED) is 0.653. The number of hydrogen-bond acceptors (Lipinski definition) is 5. The number of aromatic nitrogens is 3. The average Bonchev–Trinajstić information content (AvgIpc) is 3.17. The smallest absolute Gasteiger partial charge is 0.245 e. The maximum atomic E-state index is 13.2. The summed E-state index contributed by atoms with van der Waals surface area (Å²) in [6.07, 6.45) is 5.75. The van der Waals surface area contributed by atoms with Crippen molar-refractivity contribution >= 4 is 28.5 Å². The Labute approximate surface area is 176 Å². The Bertz CT molecular complexity index is 1000. The average molecular weight is 411 g/mol. The Hall–Kier alpha value is -2.57. The molecule has 2 fully saturated rings. The molecule has 7 heteroatoms. The molecule has 30 heavy (non-hydrogen) atoms. The molecule has 3 heterocycles. The van der Waals surface area contributed by atoms with Crippen LogP contribution in [0.5, 0.6) is 0 Å². The highest BCUT2D eigenvalue weighted by atomic mass is 16.2. The summed E-state index contributed by atoms with van der Waals surface area (Å²) in [7, 11) is 0. The first-order valence-electron chi connectivity index (χ1n) is 10.8. The van der Waals surface area contributed by atoms with Gasteiger partial charge in [-0.2, -0.15) is 5.10 Å². The Kier molecular flexibility index (Phi) is 5.24. The van der Waals surface area contributed by atoms with Gasteiger partial charge in [-0.05, 0) is 49.1 Å². The van der Waals surface area contributed by atoms with E-state index in [1.54, 1.807) is 23.2 Å². The van der Waals surface area contributed by atoms with E-state index in [0.717, 1.165) is 25.7 Å². The number of hydrogen-bond donors (Lipinski definition) is 0. The van der Waals surface area contributed by atoms with Crippen LogP contribution in [-0.4, -0.2) is 49.2 Å². The number of pyridine rings is 1. The fourth-order valence-corrected chi connectivity index (χ4v) is 4.65. The number of Topliss-reactive ketones (excluding diaryl/α,β-unsaturated/α-hetero) is 2. The minimum absolute atomic E-state index is 0.00418. The summed E-state index contributed by atoms with van der Waals surface area (Å²) in [6.45, 7) is 7.99. The number of fused-ring (bicyclic) bond motifs is 2. The molecular formula is C23H30N4O3. The highest BCUT2D eigenvalue weighted by molar-refractivity contribution is 6.04. The van der Waals surface area contributed by atoms with E-state index >= 15 is 0 Å². The highest BCUT2D eigenvalue weighted by Crippen LogP contribution is 2.48. The summed E-state index contributed by atoms with van der Waals surface area (Å²) >= 11 is 0. The standard InChI is InChI=1S/C23H30N4O3/c1-14(28)21-16-7-6-10-24-22(16)26(25-21)13-20(30)27-17-11-15(17)12-18(27)19(29)8-5-9-23(2,3)4/h6-7,10,15,17-18H,5,8-9,11-13H2,1-4H3/t15-,17-,18+/m1/s1. The molecule has 0 radical (unpaired) electrons. The number of carbonyl (C=O) groups excluding carboxylic acids is 3. The summed E-state index contributed by atoms with van der Waals surface area (Å²) in [5, 5.41) is 5.01. The van der Waals surface area contributed by atoms with E-state index in [2.05, 4.69) is 30.9 Å². The second-order valence-corrected chi connectivity index (χ2v) is 9.93. The zero-order valence-corrected chi connectivity index (χ0v) is 18.2. The van der Waals surface area contributed by atoms with E-state index in [1.165, 1.54) is 11.6 Å². The third-order valence-electron chi connectivity index (χ3n) is 6.24. The Morgan fingerprint density at radius 2 is 1.97 bits per heavy atom. The number of nitrogens with zero attached hydrogens (tertiary/aromatic N) is 4. The van der Waals surface area contributed by atoms with E-state index in [9.17, 15) is 14.4 Å². The molecule has 1 amide bonds. The molecule has 0 aromatic carbocycles. The number of carbonyl (C=O) groups is 3. The van der Waals surface area contributed by atoms with Crippen LogP contribution in [0.1, 0.15) is 70.3 Å². The summed E-state index contributed by atoms with van der Waals surface area (Å²) in [5.41, 5.74) is 1.05. The van der Waals surface area contributed by atoms with Crippen molar-refractivity contribution in [1.29, 1.82) is 0 Å². The SMILES string of the molecule is CC(=O)c1nn(CC(=O)N2[C@@H]3C[C@@H]3C[C@H]2C(=O)CCCC(C)(C)C)c2ncccc12. The molecule has 1 aliphatic carbocycles. The van der Waals surface area contributed by atoms with Gasteiger partial charge in [0.2, 0.25) is 5.91 Å². The van der Waals surface area contributed by atoms with E-state index in [-0.39, 0.29) is 41.5 Å². The van der Waals surface area contributed by atoms with Gasteiger partial charge in [-0.1, -0.05) is 20.8 Å². The molecule has 0 spiro atoms. The van der Waals surface area contributed by atoms with Gasteiger partial charge in [0.15, 0.2) is 17.2 Å². The Morgan fingerprint density at radius 3 is 2.67 bits per heavy atom. The third-order valence-corrected chi connectivity index (χ3v) is 6.24. The van der Waals surface area contributed by atoms with Gasteiger partial charge in [0.25, 0.3) is 0 Å². The van der Waals surface area contributed by atoms with Gasteiger partial charge >= 0.3 is 0 Å². The highest BCUT2D eigenvalue weighted by Gasteiger charge is 2.55. The summed E-state index contributed by atoms with van der Waals surface area (Å²) < 4.78 is 1.51. The zero-order valence-electron chi connectivity index (χ0n) is 18.2.